The molecule has 2 aliphatic heterocycles. The molecule has 1 atom stereocenters. The normalized spacial score (nSPS) is 27.6. The summed E-state index contributed by atoms with van der Waals surface area (Å²) in [4.78, 5) is 14.0. The van der Waals surface area contributed by atoms with Crippen LogP contribution < -0.4 is 0 Å². The number of hydrogen-bond donors (Lipinski definition) is 0. The van der Waals surface area contributed by atoms with Crippen molar-refractivity contribution in [2.24, 2.45) is 5.92 Å². The number of ether oxygens (including phenoxy) is 1. The monoisotopic (exact) mass is 262 g/mol. The van der Waals surface area contributed by atoms with Gasteiger partial charge in [0.25, 0.3) is 0 Å². The third kappa shape index (κ3) is 2.04. The van der Waals surface area contributed by atoms with Crippen LogP contribution in [0.1, 0.15) is 36.9 Å². The molecule has 2 saturated heterocycles. The second-order valence-corrected chi connectivity index (χ2v) is 5.86. The molecular formula is C13H18N4O2. The zero-order chi connectivity index (χ0) is 12.8. The molecule has 3 aliphatic rings. The van der Waals surface area contributed by atoms with E-state index in [0.29, 0.717) is 18.6 Å². The van der Waals surface area contributed by atoms with Crippen LogP contribution in [0, 0.1) is 5.92 Å². The molecule has 4 rings (SSSR count). The van der Waals surface area contributed by atoms with Gasteiger partial charge in [0.2, 0.25) is 5.91 Å². The fourth-order valence-electron chi connectivity index (χ4n) is 2.83. The van der Waals surface area contributed by atoms with E-state index in [1.165, 1.54) is 12.8 Å². The molecule has 3 heterocycles. The smallest absolute Gasteiger partial charge is 0.228 e. The number of amides is 1. The van der Waals surface area contributed by atoms with E-state index in [1.807, 2.05) is 9.58 Å². The standard InChI is InChI=1S/C13H18N4O2/c18-13(10-3-4-19-8-10)16-5-11(6-16)17-7-12(14-15-17)9-1-2-9/h7,9-11H,1-6,8H2. The van der Waals surface area contributed by atoms with Crippen LogP contribution in [0.25, 0.3) is 0 Å². The van der Waals surface area contributed by atoms with Gasteiger partial charge in [-0.3, -0.25) is 4.79 Å². The van der Waals surface area contributed by atoms with Crippen LogP contribution in [0.2, 0.25) is 0 Å². The lowest BCUT2D eigenvalue weighted by molar-refractivity contribution is -0.141. The highest BCUT2D eigenvalue weighted by Gasteiger charge is 2.37. The van der Waals surface area contributed by atoms with E-state index in [0.717, 1.165) is 31.8 Å². The molecule has 1 amide bonds. The van der Waals surface area contributed by atoms with E-state index >= 15 is 0 Å². The van der Waals surface area contributed by atoms with Gasteiger partial charge in [-0.2, -0.15) is 0 Å². The molecule has 6 nitrogen and oxygen atoms in total. The fourth-order valence-corrected chi connectivity index (χ4v) is 2.83. The summed E-state index contributed by atoms with van der Waals surface area (Å²) >= 11 is 0. The largest absolute Gasteiger partial charge is 0.381 e. The molecule has 1 unspecified atom stereocenters. The van der Waals surface area contributed by atoms with Gasteiger partial charge in [-0.05, 0) is 19.3 Å². The van der Waals surface area contributed by atoms with Crippen molar-refractivity contribution in [3.63, 3.8) is 0 Å². The minimum atomic E-state index is 0.0821. The van der Waals surface area contributed by atoms with Gasteiger partial charge in [0.1, 0.15) is 0 Å². The Hall–Kier alpha value is -1.43. The Balaban J connectivity index is 1.34. The lowest BCUT2D eigenvalue weighted by Gasteiger charge is -2.40. The SMILES string of the molecule is O=C(C1CCOC1)N1CC(n2cc(C3CC3)nn2)C1. The fraction of sp³-hybridized carbons (Fsp3) is 0.769. The Morgan fingerprint density at radius 3 is 2.84 bits per heavy atom. The van der Waals surface area contributed by atoms with Crippen molar-refractivity contribution in [1.29, 1.82) is 0 Å². The molecule has 0 aromatic carbocycles. The van der Waals surface area contributed by atoms with Crippen molar-refractivity contribution in [3.05, 3.63) is 11.9 Å². The van der Waals surface area contributed by atoms with Gasteiger partial charge in [0.05, 0.1) is 24.3 Å². The van der Waals surface area contributed by atoms with Crippen molar-refractivity contribution in [3.8, 4) is 0 Å². The summed E-state index contributed by atoms with van der Waals surface area (Å²) in [6.07, 6.45) is 5.42. The first-order valence-electron chi connectivity index (χ1n) is 7.09. The highest BCUT2D eigenvalue weighted by atomic mass is 16.5. The third-order valence-corrected chi connectivity index (χ3v) is 4.35. The number of likely N-dealkylation sites (tertiary alicyclic amines) is 1. The van der Waals surface area contributed by atoms with Crippen LogP contribution in [0.4, 0.5) is 0 Å². The second kappa shape index (κ2) is 4.30. The molecule has 102 valence electrons. The van der Waals surface area contributed by atoms with E-state index in [9.17, 15) is 4.79 Å². The summed E-state index contributed by atoms with van der Waals surface area (Å²) in [7, 11) is 0. The Labute approximate surface area is 111 Å². The summed E-state index contributed by atoms with van der Waals surface area (Å²) in [6, 6.07) is 0.311. The molecule has 1 aromatic heterocycles. The lowest BCUT2D eigenvalue weighted by atomic mass is 10.0. The summed E-state index contributed by atoms with van der Waals surface area (Å²) in [5, 5.41) is 8.41. The zero-order valence-electron chi connectivity index (χ0n) is 10.9. The maximum absolute atomic E-state index is 12.1. The lowest BCUT2D eigenvalue weighted by Crippen LogP contribution is -2.52. The van der Waals surface area contributed by atoms with Crippen molar-refractivity contribution < 1.29 is 9.53 Å². The Morgan fingerprint density at radius 2 is 2.16 bits per heavy atom. The van der Waals surface area contributed by atoms with Crippen molar-refractivity contribution in [2.75, 3.05) is 26.3 Å². The average molecular weight is 262 g/mol. The Morgan fingerprint density at radius 1 is 1.32 bits per heavy atom. The minimum Gasteiger partial charge on any atom is -0.381 e. The van der Waals surface area contributed by atoms with Crippen molar-refractivity contribution in [1.82, 2.24) is 19.9 Å². The molecule has 3 fully saturated rings. The first-order chi connectivity index (χ1) is 9.31. The highest BCUT2D eigenvalue weighted by molar-refractivity contribution is 5.80. The summed E-state index contributed by atoms with van der Waals surface area (Å²) in [6.45, 7) is 2.85. The number of rotatable bonds is 3. The van der Waals surface area contributed by atoms with Gasteiger partial charge in [-0.1, -0.05) is 5.21 Å². The number of carbonyl (C=O) groups excluding carboxylic acids is 1. The highest BCUT2D eigenvalue weighted by Crippen LogP contribution is 2.39. The van der Waals surface area contributed by atoms with Crippen molar-refractivity contribution in [2.45, 2.75) is 31.2 Å². The predicted octanol–water partition coefficient (Wildman–Crippen LogP) is 0.575. The van der Waals surface area contributed by atoms with Crippen LogP contribution in [-0.4, -0.2) is 52.1 Å². The second-order valence-electron chi connectivity index (χ2n) is 5.86. The van der Waals surface area contributed by atoms with Gasteiger partial charge in [-0.15, -0.1) is 5.10 Å². The van der Waals surface area contributed by atoms with Gasteiger partial charge in [0, 0.05) is 31.8 Å². The summed E-state index contributed by atoms with van der Waals surface area (Å²) < 4.78 is 7.20. The maximum atomic E-state index is 12.1. The number of aromatic nitrogens is 3. The van der Waals surface area contributed by atoms with Crippen LogP contribution in [0.5, 0.6) is 0 Å². The molecule has 0 bridgehead atoms. The zero-order valence-corrected chi connectivity index (χ0v) is 10.9. The quantitative estimate of drug-likeness (QED) is 0.799. The van der Waals surface area contributed by atoms with Gasteiger partial charge >= 0.3 is 0 Å². The maximum Gasteiger partial charge on any atom is 0.228 e. The molecule has 1 aromatic rings. The van der Waals surface area contributed by atoms with Crippen LogP contribution >= 0.6 is 0 Å². The predicted molar refractivity (Wildman–Crippen MR) is 66.5 cm³/mol. The average Bonchev–Trinajstić information content (AvgIpc) is 2.90. The first-order valence-corrected chi connectivity index (χ1v) is 7.09. The minimum absolute atomic E-state index is 0.0821. The number of nitrogens with zero attached hydrogens (tertiary/aromatic N) is 4. The first kappa shape index (κ1) is 11.4. The van der Waals surface area contributed by atoms with E-state index in [1.54, 1.807) is 0 Å². The van der Waals surface area contributed by atoms with E-state index in [4.69, 9.17) is 4.74 Å². The molecule has 19 heavy (non-hydrogen) atoms. The number of hydrogen-bond acceptors (Lipinski definition) is 4. The Bertz CT molecular complexity index is 485. The van der Waals surface area contributed by atoms with Gasteiger partial charge in [0.15, 0.2) is 0 Å². The van der Waals surface area contributed by atoms with Gasteiger partial charge in [-0.25, -0.2) is 4.68 Å². The Kier molecular flexibility index (Phi) is 2.58. The third-order valence-electron chi connectivity index (χ3n) is 4.35. The molecule has 1 saturated carbocycles. The summed E-state index contributed by atoms with van der Waals surface area (Å²) in [5.74, 6) is 0.970. The van der Waals surface area contributed by atoms with Crippen LogP contribution in [-0.2, 0) is 9.53 Å². The van der Waals surface area contributed by atoms with E-state index in [2.05, 4.69) is 16.5 Å². The molecule has 0 radical (unpaired) electrons. The van der Waals surface area contributed by atoms with Crippen molar-refractivity contribution >= 4 is 5.91 Å². The summed E-state index contributed by atoms with van der Waals surface area (Å²) in [5.41, 5.74) is 1.12. The van der Waals surface area contributed by atoms with Crippen LogP contribution in [0.3, 0.4) is 0 Å². The molecule has 0 N–H and O–H groups in total. The number of carbonyl (C=O) groups is 1. The van der Waals surface area contributed by atoms with E-state index < -0.39 is 0 Å². The topological polar surface area (TPSA) is 60.2 Å². The molecule has 0 spiro atoms. The molecule has 6 heteroatoms. The molecular weight excluding hydrogens is 244 g/mol. The van der Waals surface area contributed by atoms with Crippen LogP contribution in [0.15, 0.2) is 6.20 Å². The van der Waals surface area contributed by atoms with E-state index in [-0.39, 0.29) is 11.8 Å². The molecule has 1 aliphatic carbocycles. The van der Waals surface area contributed by atoms with Gasteiger partial charge < -0.3 is 9.64 Å².